The molecule has 1 aromatic rings. The maximum absolute atomic E-state index is 13.0. The fraction of sp³-hybridized carbons (Fsp3) is 0.708. The largest absolute Gasteiger partial charge is 0.390 e. The van der Waals surface area contributed by atoms with Gasteiger partial charge in [-0.15, -0.1) is 0 Å². The topological polar surface area (TPSA) is 105 Å². The average molecular weight is 525 g/mol. The number of rotatable bonds is 8. The molecule has 2 fully saturated rings. The highest BCUT2D eigenvalue weighted by Crippen LogP contribution is 2.36. The van der Waals surface area contributed by atoms with E-state index in [1.165, 1.54) is 6.42 Å². The van der Waals surface area contributed by atoms with Gasteiger partial charge in [0.2, 0.25) is 0 Å². The van der Waals surface area contributed by atoms with Crippen LogP contribution in [0.3, 0.4) is 0 Å². The van der Waals surface area contributed by atoms with E-state index in [2.05, 4.69) is 50.9 Å². The summed E-state index contributed by atoms with van der Waals surface area (Å²) >= 11 is 3.73. The molecule has 3 rings (SSSR count). The lowest BCUT2D eigenvalue weighted by molar-refractivity contribution is -0.118. The van der Waals surface area contributed by atoms with Crippen molar-refractivity contribution in [2.75, 3.05) is 13.7 Å². The lowest BCUT2D eigenvalue weighted by Gasteiger charge is -2.24. The van der Waals surface area contributed by atoms with Gasteiger partial charge in [0.15, 0.2) is 5.69 Å². The van der Waals surface area contributed by atoms with Crippen LogP contribution in [-0.4, -0.2) is 47.1 Å². The standard InChI is InChI=1S/C24H37BrN4O4/c1-14-19(12-18-11-16(13-32-18)24(3,4)25)33-29-20(14)22(30)28-21(15(2)26-5)23(31)27-17-9-7-6-8-10-17/h16-18,26H,6-13H2,1-5H3,(H,27,31)(H,28,30)/b21-15+/t16-,18+/m1/s1. The molecule has 1 aliphatic carbocycles. The third kappa shape index (κ3) is 6.59. The highest BCUT2D eigenvalue weighted by atomic mass is 79.9. The zero-order chi connectivity index (χ0) is 24.2. The number of nitrogens with one attached hydrogen (secondary N) is 3. The van der Waals surface area contributed by atoms with E-state index >= 15 is 0 Å². The molecule has 2 aliphatic rings. The molecule has 0 spiro atoms. The van der Waals surface area contributed by atoms with E-state index in [1.54, 1.807) is 14.0 Å². The van der Waals surface area contributed by atoms with Crippen molar-refractivity contribution >= 4 is 27.7 Å². The van der Waals surface area contributed by atoms with E-state index in [-0.39, 0.29) is 33.8 Å². The number of halogens is 1. The Labute approximate surface area is 204 Å². The van der Waals surface area contributed by atoms with Crippen molar-refractivity contribution in [2.45, 2.75) is 89.1 Å². The van der Waals surface area contributed by atoms with Gasteiger partial charge in [-0.2, -0.15) is 0 Å². The normalized spacial score (nSPS) is 22.6. The third-order valence-electron chi connectivity index (χ3n) is 6.86. The van der Waals surface area contributed by atoms with Gasteiger partial charge < -0.3 is 25.2 Å². The summed E-state index contributed by atoms with van der Waals surface area (Å²) in [6, 6.07) is 0.142. The van der Waals surface area contributed by atoms with Gasteiger partial charge in [-0.3, -0.25) is 9.59 Å². The monoisotopic (exact) mass is 524 g/mol. The van der Waals surface area contributed by atoms with Crippen molar-refractivity contribution in [1.29, 1.82) is 0 Å². The molecular formula is C24H37BrN4O4. The first-order chi connectivity index (χ1) is 15.6. The molecule has 1 saturated carbocycles. The molecule has 0 unspecified atom stereocenters. The van der Waals surface area contributed by atoms with E-state index in [4.69, 9.17) is 9.26 Å². The molecule has 0 aromatic carbocycles. The predicted molar refractivity (Wildman–Crippen MR) is 130 cm³/mol. The summed E-state index contributed by atoms with van der Waals surface area (Å²) in [5, 5.41) is 12.8. The van der Waals surface area contributed by atoms with Gasteiger partial charge in [0.1, 0.15) is 11.5 Å². The number of ether oxygens (including phenoxy) is 1. The Kier molecular flexibility index (Phi) is 8.61. The van der Waals surface area contributed by atoms with Crippen LogP contribution in [0.15, 0.2) is 15.9 Å². The van der Waals surface area contributed by atoms with Crippen LogP contribution >= 0.6 is 15.9 Å². The van der Waals surface area contributed by atoms with E-state index in [0.717, 1.165) is 32.1 Å². The van der Waals surface area contributed by atoms with Gasteiger partial charge in [0, 0.05) is 35.1 Å². The molecule has 1 aliphatic heterocycles. The van der Waals surface area contributed by atoms with Crippen molar-refractivity contribution in [3.63, 3.8) is 0 Å². The number of hydrogen-bond acceptors (Lipinski definition) is 6. The molecule has 33 heavy (non-hydrogen) atoms. The Balaban J connectivity index is 1.66. The van der Waals surface area contributed by atoms with Crippen molar-refractivity contribution in [3.05, 3.63) is 28.4 Å². The Bertz CT molecular complexity index is 884. The Morgan fingerprint density at radius 1 is 1.21 bits per heavy atom. The maximum atomic E-state index is 13.0. The van der Waals surface area contributed by atoms with E-state index in [9.17, 15) is 9.59 Å². The molecule has 184 valence electrons. The summed E-state index contributed by atoms with van der Waals surface area (Å²) in [6.07, 6.45) is 6.86. The second kappa shape index (κ2) is 11.0. The van der Waals surface area contributed by atoms with Crippen molar-refractivity contribution < 1.29 is 18.8 Å². The minimum absolute atomic E-state index is 0.00929. The van der Waals surface area contributed by atoms with Crippen LogP contribution < -0.4 is 16.0 Å². The van der Waals surface area contributed by atoms with Crippen LogP contribution in [0.25, 0.3) is 0 Å². The molecule has 8 nitrogen and oxygen atoms in total. The molecule has 1 aromatic heterocycles. The van der Waals surface area contributed by atoms with E-state index < -0.39 is 5.91 Å². The lowest BCUT2D eigenvalue weighted by atomic mass is 9.92. The van der Waals surface area contributed by atoms with Gasteiger partial charge in [-0.25, -0.2) is 0 Å². The Morgan fingerprint density at radius 2 is 1.91 bits per heavy atom. The highest BCUT2D eigenvalue weighted by molar-refractivity contribution is 9.10. The zero-order valence-corrected chi connectivity index (χ0v) is 21.9. The summed E-state index contributed by atoms with van der Waals surface area (Å²) in [5.74, 6) is 0.304. The minimum Gasteiger partial charge on any atom is -0.390 e. The second-order valence-electron chi connectivity index (χ2n) is 9.75. The van der Waals surface area contributed by atoms with Gasteiger partial charge in [0.25, 0.3) is 11.8 Å². The second-order valence-corrected chi connectivity index (χ2v) is 11.8. The number of allylic oxidation sites excluding steroid dienone is 1. The van der Waals surface area contributed by atoms with Gasteiger partial charge in [-0.05, 0) is 52.9 Å². The smallest absolute Gasteiger partial charge is 0.278 e. The molecule has 0 radical (unpaired) electrons. The molecule has 0 bridgehead atoms. The number of carbonyl (C=O) groups excluding carboxylic acids is 2. The maximum Gasteiger partial charge on any atom is 0.278 e. The molecule has 2 atom stereocenters. The first-order valence-corrected chi connectivity index (χ1v) is 12.7. The minimum atomic E-state index is -0.460. The highest BCUT2D eigenvalue weighted by Gasteiger charge is 2.36. The van der Waals surface area contributed by atoms with Crippen LogP contribution in [-0.2, 0) is 16.0 Å². The molecule has 9 heteroatoms. The van der Waals surface area contributed by atoms with Gasteiger partial charge in [-0.1, -0.05) is 40.3 Å². The Hall–Kier alpha value is -1.87. The van der Waals surface area contributed by atoms with Crippen LogP contribution in [0.4, 0.5) is 0 Å². The zero-order valence-electron chi connectivity index (χ0n) is 20.3. The number of hydrogen-bond donors (Lipinski definition) is 3. The number of amides is 2. The quantitative estimate of drug-likeness (QED) is 0.353. The SMILES string of the molecule is CN/C(C)=C(/NC(=O)c1noc(C[C@@H]2C[C@@H](C(C)(C)Br)CO2)c1C)C(=O)NC1CCCCC1. The van der Waals surface area contributed by atoms with Gasteiger partial charge >= 0.3 is 0 Å². The van der Waals surface area contributed by atoms with Crippen LogP contribution in [0, 0.1) is 12.8 Å². The first-order valence-electron chi connectivity index (χ1n) is 11.9. The fourth-order valence-corrected chi connectivity index (χ4v) is 4.75. The van der Waals surface area contributed by atoms with E-state index in [1.807, 2.05) is 6.92 Å². The van der Waals surface area contributed by atoms with E-state index in [0.29, 0.717) is 36.0 Å². The summed E-state index contributed by atoms with van der Waals surface area (Å²) in [6.45, 7) is 8.56. The molecular weight excluding hydrogens is 488 g/mol. The fourth-order valence-electron chi connectivity index (χ4n) is 4.43. The number of carbonyl (C=O) groups is 2. The van der Waals surface area contributed by atoms with Crippen molar-refractivity contribution in [3.8, 4) is 0 Å². The Morgan fingerprint density at radius 3 is 2.52 bits per heavy atom. The molecule has 1 saturated heterocycles. The van der Waals surface area contributed by atoms with Gasteiger partial charge in [0.05, 0.1) is 12.7 Å². The number of alkyl halides is 1. The lowest BCUT2D eigenvalue weighted by Crippen LogP contribution is -2.42. The summed E-state index contributed by atoms with van der Waals surface area (Å²) in [7, 11) is 1.72. The van der Waals surface area contributed by atoms with Crippen molar-refractivity contribution in [1.82, 2.24) is 21.1 Å². The first kappa shape index (κ1) is 25.7. The van der Waals surface area contributed by atoms with Crippen LogP contribution in [0.5, 0.6) is 0 Å². The van der Waals surface area contributed by atoms with Crippen molar-refractivity contribution in [2.24, 2.45) is 5.92 Å². The molecule has 2 heterocycles. The summed E-state index contributed by atoms with van der Waals surface area (Å²) in [4.78, 5) is 25.9. The molecule has 3 N–H and O–H groups in total. The number of aromatic nitrogens is 1. The number of nitrogens with zero attached hydrogens (tertiary/aromatic N) is 1. The third-order valence-corrected chi connectivity index (χ3v) is 7.50. The van der Waals surface area contributed by atoms with Crippen LogP contribution in [0.1, 0.15) is 81.1 Å². The predicted octanol–water partition coefficient (Wildman–Crippen LogP) is 3.73. The average Bonchev–Trinajstić information content (AvgIpc) is 3.39. The molecule has 2 amide bonds. The summed E-state index contributed by atoms with van der Waals surface area (Å²) < 4.78 is 11.5. The summed E-state index contributed by atoms with van der Waals surface area (Å²) in [5.41, 5.74) is 1.65. The van der Waals surface area contributed by atoms with Crippen LogP contribution in [0.2, 0.25) is 0 Å².